The smallest absolute Gasteiger partial charge is 0.248 e. The van der Waals surface area contributed by atoms with Crippen LogP contribution >= 0.6 is 11.8 Å². The van der Waals surface area contributed by atoms with Gasteiger partial charge in [-0.1, -0.05) is 18.2 Å². The highest BCUT2D eigenvalue weighted by atomic mass is 32.2. The number of thioether (sulfide) groups is 1. The summed E-state index contributed by atoms with van der Waals surface area (Å²) < 4.78 is 26.2. The van der Waals surface area contributed by atoms with Gasteiger partial charge in [0.15, 0.2) is 0 Å². The van der Waals surface area contributed by atoms with Gasteiger partial charge in [-0.25, -0.2) is 13.1 Å². The standard InChI is InChI=1S/C18H23N3O4S2/c1-3-10-19-27(24,25)12-13-4-6-14(7-5-13)20-17(23)15-11-26-18(2)9-8-16(22)21(15)18/h3-7,15,19H,1,8-12H2,2H3,(H,20,23). The van der Waals surface area contributed by atoms with E-state index in [1.165, 1.54) is 6.08 Å². The molecule has 2 fully saturated rings. The van der Waals surface area contributed by atoms with Crippen LogP contribution < -0.4 is 10.0 Å². The lowest BCUT2D eigenvalue weighted by Gasteiger charge is -2.29. The second-order valence-corrected chi connectivity index (χ2v) is 10.2. The molecule has 2 aliphatic rings. The van der Waals surface area contributed by atoms with Crippen molar-refractivity contribution < 1.29 is 18.0 Å². The zero-order chi connectivity index (χ0) is 19.7. The zero-order valence-corrected chi connectivity index (χ0v) is 16.7. The number of hydrogen-bond acceptors (Lipinski definition) is 5. The molecule has 0 spiro atoms. The van der Waals surface area contributed by atoms with Gasteiger partial charge in [-0.2, -0.15) is 0 Å². The molecule has 2 aliphatic heterocycles. The minimum absolute atomic E-state index is 0.0234. The van der Waals surface area contributed by atoms with Crippen molar-refractivity contribution in [1.29, 1.82) is 0 Å². The first-order chi connectivity index (χ1) is 12.7. The first kappa shape index (κ1) is 19.9. The van der Waals surface area contributed by atoms with E-state index in [-0.39, 0.29) is 29.0 Å². The molecule has 0 saturated carbocycles. The van der Waals surface area contributed by atoms with E-state index in [1.54, 1.807) is 40.9 Å². The summed E-state index contributed by atoms with van der Waals surface area (Å²) >= 11 is 1.64. The maximum Gasteiger partial charge on any atom is 0.248 e. The lowest BCUT2D eigenvalue weighted by atomic mass is 10.2. The molecule has 2 atom stereocenters. The van der Waals surface area contributed by atoms with Crippen molar-refractivity contribution >= 4 is 39.3 Å². The quantitative estimate of drug-likeness (QED) is 0.668. The lowest BCUT2D eigenvalue weighted by molar-refractivity contribution is -0.135. The van der Waals surface area contributed by atoms with Crippen LogP contribution in [0, 0.1) is 0 Å². The molecule has 2 saturated heterocycles. The van der Waals surface area contributed by atoms with Crippen LogP contribution in [0.3, 0.4) is 0 Å². The van der Waals surface area contributed by atoms with E-state index < -0.39 is 16.1 Å². The molecule has 0 aliphatic carbocycles. The molecule has 27 heavy (non-hydrogen) atoms. The van der Waals surface area contributed by atoms with Gasteiger partial charge in [0.1, 0.15) is 6.04 Å². The molecule has 9 heteroatoms. The number of fused-ring (bicyclic) bond motifs is 1. The summed E-state index contributed by atoms with van der Waals surface area (Å²) in [5.41, 5.74) is 1.19. The number of carbonyl (C=O) groups is 2. The summed E-state index contributed by atoms with van der Waals surface area (Å²) in [6.07, 6.45) is 2.73. The molecule has 0 radical (unpaired) electrons. The highest BCUT2D eigenvalue weighted by Gasteiger charge is 2.52. The Hall–Kier alpha value is -1.84. The Morgan fingerprint density at radius 3 is 2.78 bits per heavy atom. The third-order valence-electron chi connectivity index (χ3n) is 4.77. The number of benzene rings is 1. The van der Waals surface area contributed by atoms with Crippen molar-refractivity contribution in [2.45, 2.75) is 36.4 Å². The first-order valence-corrected chi connectivity index (χ1v) is 11.3. The van der Waals surface area contributed by atoms with Crippen molar-refractivity contribution in [3.05, 3.63) is 42.5 Å². The van der Waals surface area contributed by atoms with E-state index in [0.29, 0.717) is 23.4 Å². The zero-order valence-electron chi connectivity index (χ0n) is 15.1. The van der Waals surface area contributed by atoms with Gasteiger partial charge >= 0.3 is 0 Å². The predicted molar refractivity (Wildman–Crippen MR) is 107 cm³/mol. The molecule has 0 aromatic heterocycles. The van der Waals surface area contributed by atoms with Gasteiger partial charge in [0.05, 0.1) is 10.6 Å². The summed E-state index contributed by atoms with van der Waals surface area (Å²) in [7, 11) is -3.42. The highest BCUT2D eigenvalue weighted by molar-refractivity contribution is 8.01. The predicted octanol–water partition coefficient (Wildman–Crippen LogP) is 1.68. The van der Waals surface area contributed by atoms with E-state index in [9.17, 15) is 18.0 Å². The highest BCUT2D eigenvalue weighted by Crippen LogP contribution is 2.47. The molecule has 1 aromatic rings. The molecule has 146 valence electrons. The molecule has 3 rings (SSSR count). The van der Waals surface area contributed by atoms with Gasteiger partial charge in [-0.15, -0.1) is 18.3 Å². The molecule has 2 heterocycles. The van der Waals surface area contributed by atoms with E-state index in [1.807, 2.05) is 6.92 Å². The Balaban J connectivity index is 1.62. The van der Waals surface area contributed by atoms with E-state index >= 15 is 0 Å². The van der Waals surface area contributed by atoms with Gasteiger partial charge in [0, 0.05) is 24.4 Å². The number of carbonyl (C=O) groups excluding carboxylic acids is 2. The number of hydrogen-bond donors (Lipinski definition) is 2. The SMILES string of the molecule is C=CCNS(=O)(=O)Cc1ccc(NC(=O)C2CSC3(C)CCC(=O)N23)cc1. The minimum Gasteiger partial charge on any atom is -0.324 e. The Morgan fingerprint density at radius 1 is 1.41 bits per heavy atom. The van der Waals surface area contributed by atoms with Gasteiger partial charge < -0.3 is 10.2 Å². The minimum atomic E-state index is -3.42. The van der Waals surface area contributed by atoms with Gasteiger partial charge in [-0.3, -0.25) is 9.59 Å². The fourth-order valence-electron chi connectivity index (χ4n) is 3.38. The van der Waals surface area contributed by atoms with Crippen molar-refractivity contribution in [3.8, 4) is 0 Å². The summed E-state index contributed by atoms with van der Waals surface area (Å²) in [5, 5.41) is 2.83. The molecule has 2 amide bonds. The van der Waals surface area contributed by atoms with E-state index in [2.05, 4.69) is 16.6 Å². The monoisotopic (exact) mass is 409 g/mol. The fraction of sp³-hybridized carbons (Fsp3) is 0.444. The third-order valence-corrected chi connectivity index (χ3v) is 7.60. The van der Waals surface area contributed by atoms with Crippen LogP contribution in [0.5, 0.6) is 0 Å². The van der Waals surface area contributed by atoms with Crippen LogP contribution in [0.4, 0.5) is 5.69 Å². The van der Waals surface area contributed by atoms with Crippen LogP contribution in [0.15, 0.2) is 36.9 Å². The average Bonchev–Trinajstić information content (AvgIpc) is 3.11. The van der Waals surface area contributed by atoms with Crippen LogP contribution in [0.1, 0.15) is 25.3 Å². The topological polar surface area (TPSA) is 95.6 Å². The molecule has 1 aromatic carbocycles. The number of rotatable bonds is 7. The lowest BCUT2D eigenvalue weighted by Crippen LogP contribution is -2.48. The van der Waals surface area contributed by atoms with Crippen LogP contribution in [-0.4, -0.2) is 48.3 Å². The Labute approximate surface area is 163 Å². The first-order valence-electron chi connectivity index (χ1n) is 8.68. The Morgan fingerprint density at radius 2 is 2.11 bits per heavy atom. The average molecular weight is 410 g/mol. The summed E-state index contributed by atoms with van der Waals surface area (Å²) in [5.74, 6) is 0.249. The van der Waals surface area contributed by atoms with Crippen LogP contribution in [0.2, 0.25) is 0 Å². The number of amides is 2. The fourth-order valence-corrected chi connectivity index (χ4v) is 5.92. The molecular weight excluding hydrogens is 386 g/mol. The molecule has 7 nitrogen and oxygen atoms in total. The number of nitrogens with zero attached hydrogens (tertiary/aromatic N) is 1. The molecule has 2 unspecified atom stereocenters. The maximum atomic E-state index is 12.6. The van der Waals surface area contributed by atoms with Crippen molar-refractivity contribution in [2.75, 3.05) is 17.6 Å². The second kappa shape index (κ2) is 7.65. The van der Waals surface area contributed by atoms with Crippen LogP contribution in [0.25, 0.3) is 0 Å². The van der Waals surface area contributed by atoms with Gasteiger partial charge in [0.2, 0.25) is 21.8 Å². The number of anilines is 1. The maximum absolute atomic E-state index is 12.6. The number of nitrogens with one attached hydrogen (secondary N) is 2. The van der Waals surface area contributed by atoms with Crippen molar-refractivity contribution in [1.82, 2.24) is 9.62 Å². The normalized spacial score (nSPS) is 24.7. The third kappa shape index (κ3) is 4.36. The van der Waals surface area contributed by atoms with Gasteiger partial charge in [-0.05, 0) is 31.0 Å². The van der Waals surface area contributed by atoms with Crippen molar-refractivity contribution in [2.24, 2.45) is 0 Å². The number of sulfonamides is 1. The van der Waals surface area contributed by atoms with E-state index in [4.69, 9.17) is 0 Å². The molecular formula is C18H23N3O4S2. The summed E-state index contributed by atoms with van der Waals surface area (Å²) in [6.45, 7) is 5.67. The van der Waals surface area contributed by atoms with Gasteiger partial charge in [0.25, 0.3) is 0 Å². The van der Waals surface area contributed by atoms with Crippen molar-refractivity contribution in [3.63, 3.8) is 0 Å². The summed E-state index contributed by atoms with van der Waals surface area (Å²) in [6, 6.07) is 6.19. The Bertz CT molecular complexity index is 854. The Kier molecular flexibility index (Phi) is 5.64. The molecule has 2 N–H and O–H groups in total. The molecule has 0 bridgehead atoms. The second-order valence-electron chi connectivity index (χ2n) is 6.85. The largest absolute Gasteiger partial charge is 0.324 e. The van der Waals surface area contributed by atoms with Crippen LogP contribution in [-0.2, 0) is 25.4 Å². The van der Waals surface area contributed by atoms with E-state index in [0.717, 1.165) is 6.42 Å². The summed E-state index contributed by atoms with van der Waals surface area (Å²) in [4.78, 5) is 26.2.